The standard InChI is InChI=1S/C11H27NOSi/c1-6-12(7-2)10-9-11-14(4,5)13-8-3/h6-11H2,1-5H3. The third-order valence-electron chi connectivity index (χ3n) is 2.68. The van der Waals surface area contributed by atoms with E-state index in [1.807, 2.05) is 0 Å². The van der Waals surface area contributed by atoms with Gasteiger partial charge < -0.3 is 9.33 Å². The maximum Gasteiger partial charge on any atom is 0.186 e. The zero-order valence-corrected chi connectivity index (χ0v) is 11.6. The van der Waals surface area contributed by atoms with E-state index in [0.717, 1.165) is 6.61 Å². The maximum atomic E-state index is 5.80. The quantitative estimate of drug-likeness (QED) is 0.580. The molecule has 0 aliphatic carbocycles. The normalized spacial score (nSPS) is 12.4. The van der Waals surface area contributed by atoms with Crippen molar-refractivity contribution in [2.75, 3.05) is 26.2 Å². The summed E-state index contributed by atoms with van der Waals surface area (Å²) in [6.07, 6.45) is 1.29. The number of nitrogens with zero attached hydrogens (tertiary/aromatic N) is 1. The number of hydrogen-bond donors (Lipinski definition) is 0. The van der Waals surface area contributed by atoms with Gasteiger partial charge in [-0.25, -0.2) is 0 Å². The van der Waals surface area contributed by atoms with Crippen molar-refractivity contribution >= 4 is 8.32 Å². The van der Waals surface area contributed by atoms with Crippen LogP contribution in [0.5, 0.6) is 0 Å². The molecule has 0 saturated carbocycles. The Hall–Kier alpha value is 0.137. The van der Waals surface area contributed by atoms with Crippen LogP contribution in [0.25, 0.3) is 0 Å². The van der Waals surface area contributed by atoms with E-state index in [4.69, 9.17) is 4.43 Å². The Morgan fingerprint density at radius 3 is 2.07 bits per heavy atom. The summed E-state index contributed by atoms with van der Waals surface area (Å²) in [5.41, 5.74) is 0. The summed E-state index contributed by atoms with van der Waals surface area (Å²) in [5.74, 6) is 0. The molecule has 2 nitrogen and oxygen atoms in total. The van der Waals surface area contributed by atoms with Gasteiger partial charge in [-0.05, 0) is 52.1 Å². The minimum atomic E-state index is -1.32. The zero-order valence-electron chi connectivity index (χ0n) is 10.6. The van der Waals surface area contributed by atoms with Crippen molar-refractivity contribution in [3.8, 4) is 0 Å². The first-order valence-electron chi connectivity index (χ1n) is 5.92. The Labute approximate surface area is 90.8 Å². The Morgan fingerprint density at radius 2 is 1.64 bits per heavy atom. The van der Waals surface area contributed by atoms with Crippen LogP contribution < -0.4 is 0 Å². The van der Waals surface area contributed by atoms with Gasteiger partial charge in [0.05, 0.1) is 0 Å². The van der Waals surface area contributed by atoms with Crippen LogP contribution in [0.3, 0.4) is 0 Å². The summed E-state index contributed by atoms with van der Waals surface area (Å²) >= 11 is 0. The molecule has 0 aliphatic heterocycles. The summed E-state index contributed by atoms with van der Waals surface area (Å²) in [4.78, 5) is 2.48. The second-order valence-electron chi connectivity index (χ2n) is 4.32. The molecule has 0 atom stereocenters. The Kier molecular flexibility index (Phi) is 7.50. The van der Waals surface area contributed by atoms with E-state index < -0.39 is 8.32 Å². The van der Waals surface area contributed by atoms with Gasteiger partial charge in [0, 0.05) is 6.61 Å². The highest BCUT2D eigenvalue weighted by Gasteiger charge is 2.20. The highest BCUT2D eigenvalue weighted by molar-refractivity contribution is 6.71. The highest BCUT2D eigenvalue weighted by Crippen LogP contribution is 2.13. The third-order valence-corrected chi connectivity index (χ3v) is 5.31. The van der Waals surface area contributed by atoms with Crippen molar-refractivity contribution in [1.29, 1.82) is 0 Å². The Balaban J connectivity index is 3.60. The fourth-order valence-corrected chi connectivity index (χ4v) is 3.67. The van der Waals surface area contributed by atoms with Gasteiger partial charge in [0.1, 0.15) is 0 Å². The van der Waals surface area contributed by atoms with E-state index in [1.165, 1.54) is 32.1 Å². The second-order valence-corrected chi connectivity index (χ2v) is 8.63. The molecule has 0 fully saturated rings. The lowest BCUT2D eigenvalue weighted by Crippen LogP contribution is -2.32. The van der Waals surface area contributed by atoms with E-state index in [0.29, 0.717) is 0 Å². The third kappa shape index (κ3) is 6.57. The van der Waals surface area contributed by atoms with Crippen LogP contribution in [0, 0.1) is 0 Å². The van der Waals surface area contributed by atoms with Crippen LogP contribution in [-0.4, -0.2) is 39.5 Å². The van der Waals surface area contributed by atoms with E-state index in [1.54, 1.807) is 0 Å². The maximum absolute atomic E-state index is 5.80. The average molecular weight is 217 g/mol. The van der Waals surface area contributed by atoms with Crippen molar-refractivity contribution < 1.29 is 4.43 Å². The van der Waals surface area contributed by atoms with Crippen molar-refractivity contribution in [2.45, 2.75) is 46.3 Å². The molecule has 0 radical (unpaired) electrons. The van der Waals surface area contributed by atoms with Gasteiger partial charge in [-0.2, -0.15) is 0 Å². The predicted molar refractivity (Wildman–Crippen MR) is 66.3 cm³/mol. The molecule has 86 valence electrons. The summed E-state index contributed by atoms with van der Waals surface area (Å²) in [7, 11) is -1.32. The molecular weight excluding hydrogens is 190 g/mol. The fraction of sp³-hybridized carbons (Fsp3) is 1.00. The average Bonchev–Trinajstić information content (AvgIpc) is 2.12. The predicted octanol–water partition coefficient (Wildman–Crippen LogP) is 2.96. The lowest BCUT2D eigenvalue weighted by molar-refractivity contribution is 0.295. The zero-order chi connectivity index (χ0) is 11.0. The molecule has 0 bridgehead atoms. The van der Waals surface area contributed by atoms with Gasteiger partial charge in [-0.3, -0.25) is 0 Å². The van der Waals surface area contributed by atoms with Gasteiger partial charge in [-0.15, -0.1) is 0 Å². The Bertz CT molecular complexity index is 135. The molecule has 0 heterocycles. The van der Waals surface area contributed by atoms with E-state index in [2.05, 4.69) is 38.8 Å². The molecule has 0 N–H and O–H groups in total. The minimum Gasteiger partial charge on any atom is -0.418 e. The summed E-state index contributed by atoms with van der Waals surface area (Å²) in [5, 5.41) is 0. The Morgan fingerprint density at radius 1 is 1.07 bits per heavy atom. The molecule has 0 saturated heterocycles. The smallest absolute Gasteiger partial charge is 0.186 e. The molecule has 0 rings (SSSR count). The van der Waals surface area contributed by atoms with Gasteiger partial charge in [0.2, 0.25) is 0 Å². The highest BCUT2D eigenvalue weighted by atomic mass is 28.4. The second kappa shape index (κ2) is 7.43. The van der Waals surface area contributed by atoms with Crippen molar-refractivity contribution in [2.24, 2.45) is 0 Å². The monoisotopic (exact) mass is 217 g/mol. The van der Waals surface area contributed by atoms with Crippen LogP contribution in [0.4, 0.5) is 0 Å². The van der Waals surface area contributed by atoms with E-state index in [-0.39, 0.29) is 0 Å². The van der Waals surface area contributed by atoms with E-state index in [9.17, 15) is 0 Å². The molecule has 3 heteroatoms. The molecule has 0 unspecified atom stereocenters. The molecule has 0 amide bonds. The van der Waals surface area contributed by atoms with Crippen LogP contribution in [0.1, 0.15) is 27.2 Å². The molecule has 14 heavy (non-hydrogen) atoms. The van der Waals surface area contributed by atoms with Crippen LogP contribution in [0.15, 0.2) is 0 Å². The summed E-state index contributed by atoms with van der Waals surface area (Å²) in [6.45, 7) is 15.7. The molecule has 0 aromatic carbocycles. The SMILES string of the molecule is CCO[Si](C)(C)CCCN(CC)CC. The molecular formula is C11H27NOSi. The largest absolute Gasteiger partial charge is 0.418 e. The number of rotatable bonds is 8. The van der Waals surface area contributed by atoms with Crippen molar-refractivity contribution in [3.63, 3.8) is 0 Å². The summed E-state index contributed by atoms with van der Waals surface area (Å²) < 4.78 is 5.80. The number of hydrogen-bond acceptors (Lipinski definition) is 2. The lowest BCUT2D eigenvalue weighted by Gasteiger charge is -2.24. The first kappa shape index (κ1) is 14.1. The van der Waals surface area contributed by atoms with Crippen molar-refractivity contribution in [1.82, 2.24) is 4.90 Å². The molecule has 0 aromatic rings. The van der Waals surface area contributed by atoms with Crippen LogP contribution in [0.2, 0.25) is 19.1 Å². The van der Waals surface area contributed by atoms with Gasteiger partial charge in [0.25, 0.3) is 0 Å². The van der Waals surface area contributed by atoms with Gasteiger partial charge in [-0.1, -0.05) is 13.8 Å². The van der Waals surface area contributed by atoms with Gasteiger partial charge >= 0.3 is 0 Å². The first-order valence-corrected chi connectivity index (χ1v) is 9.03. The summed E-state index contributed by atoms with van der Waals surface area (Å²) in [6, 6.07) is 1.29. The van der Waals surface area contributed by atoms with E-state index >= 15 is 0 Å². The first-order chi connectivity index (χ1) is 6.55. The van der Waals surface area contributed by atoms with Gasteiger partial charge in [0.15, 0.2) is 8.32 Å². The van der Waals surface area contributed by atoms with Crippen LogP contribution >= 0.6 is 0 Å². The molecule has 0 aliphatic rings. The van der Waals surface area contributed by atoms with Crippen molar-refractivity contribution in [3.05, 3.63) is 0 Å². The topological polar surface area (TPSA) is 12.5 Å². The van der Waals surface area contributed by atoms with Crippen LogP contribution in [-0.2, 0) is 4.43 Å². The molecule has 0 aromatic heterocycles. The minimum absolute atomic E-state index is 0.879. The lowest BCUT2D eigenvalue weighted by atomic mass is 10.4. The fourth-order valence-electron chi connectivity index (χ4n) is 1.73. The molecule has 0 spiro atoms.